The normalized spacial score (nSPS) is 17.4. The van der Waals surface area contributed by atoms with Gasteiger partial charge < -0.3 is 0 Å². The summed E-state index contributed by atoms with van der Waals surface area (Å²) < 4.78 is 3.54. The Morgan fingerprint density at radius 1 is 1.12 bits per heavy atom. The summed E-state index contributed by atoms with van der Waals surface area (Å²) >= 11 is -1.83. The molecule has 0 heterocycles. The molecule has 52 valence electrons. The summed E-state index contributed by atoms with van der Waals surface area (Å²) in [6.45, 7) is 3.28. The van der Waals surface area contributed by atoms with E-state index in [9.17, 15) is 0 Å². The quantitative estimate of drug-likeness (QED) is 0.645. The van der Waals surface area contributed by atoms with Gasteiger partial charge in [0.15, 0.2) is 0 Å². The van der Waals surface area contributed by atoms with Crippen molar-refractivity contribution in [1.82, 2.24) is 4.17 Å². The molecule has 0 unspecified atom stereocenters. The third kappa shape index (κ3) is 6.54. The molecule has 0 aromatic rings. The van der Waals surface area contributed by atoms with Crippen LogP contribution in [0.2, 0.25) is 22.5 Å². The zero-order chi connectivity index (χ0) is 6.86. The van der Waals surface area contributed by atoms with Gasteiger partial charge in [0, 0.05) is 0 Å². The molecule has 0 spiro atoms. The van der Waals surface area contributed by atoms with Crippen LogP contribution in [0.3, 0.4) is 0 Å². The van der Waals surface area contributed by atoms with Crippen molar-refractivity contribution in [1.29, 1.82) is 0 Å². The van der Waals surface area contributed by atoms with E-state index in [-0.39, 0.29) is 0 Å². The molecule has 0 aromatic carbocycles. The molecule has 0 aliphatic heterocycles. The van der Waals surface area contributed by atoms with Crippen molar-refractivity contribution in [3.05, 3.63) is 0 Å². The van der Waals surface area contributed by atoms with Gasteiger partial charge in [-0.1, -0.05) is 0 Å². The maximum atomic E-state index is 3.54. The number of nitrogens with one attached hydrogen (secondary N) is 1. The average Bonchev–Trinajstić information content (AvgIpc) is 1.25. The molecule has 0 fully saturated rings. The van der Waals surface area contributed by atoms with Gasteiger partial charge in [-0.3, -0.25) is 0 Å². The van der Waals surface area contributed by atoms with Crippen molar-refractivity contribution in [2.75, 3.05) is 6.54 Å². The average molecular weight is 155 g/mol. The van der Waals surface area contributed by atoms with E-state index in [1.54, 1.807) is 0 Å². The van der Waals surface area contributed by atoms with Crippen molar-refractivity contribution in [3.8, 4) is 0 Å². The number of hydrogen-bond donors (Lipinski definition) is 1. The first kappa shape index (κ1) is 8.54. The predicted molar refractivity (Wildman–Crippen MR) is 37.1 cm³/mol. The Balaban J connectivity index is 3.73. The van der Waals surface area contributed by atoms with Crippen molar-refractivity contribution in [2.45, 2.75) is 29.5 Å². The Kier molecular flexibility index (Phi) is 2.19. The van der Waals surface area contributed by atoms with Crippen LogP contribution in [0.25, 0.3) is 0 Å². The molecule has 0 aromatic heterocycles. The van der Waals surface area contributed by atoms with Crippen LogP contribution in [-0.2, 0) is 13.1 Å². The van der Waals surface area contributed by atoms with Crippen LogP contribution in [0.5, 0.6) is 0 Å². The second-order valence-corrected chi connectivity index (χ2v) is 15.8. The zero-order valence-corrected chi connectivity index (χ0v) is 8.05. The van der Waals surface area contributed by atoms with Gasteiger partial charge in [0.2, 0.25) is 0 Å². The van der Waals surface area contributed by atoms with Gasteiger partial charge in [0.05, 0.1) is 0 Å². The second-order valence-electron chi connectivity index (χ2n) is 4.09. The van der Waals surface area contributed by atoms with Crippen LogP contribution in [0.15, 0.2) is 0 Å². The van der Waals surface area contributed by atoms with Crippen LogP contribution >= 0.6 is 0 Å². The predicted octanol–water partition coefficient (Wildman–Crippen LogP) is 2.39. The summed E-state index contributed by atoms with van der Waals surface area (Å²) in [7, 11) is 0. The van der Waals surface area contributed by atoms with E-state index >= 15 is 0 Å². The summed E-state index contributed by atoms with van der Waals surface area (Å²) in [5.74, 6) is 0. The van der Waals surface area contributed by atoms with Crippen LogP contribution in [-0.4, -0.2) is 6.54 Å². The molecule has 0 atom stereocenters. The minimum absolute atomic E-state index is 1.12. The van der Waals surface area contributed by atoms with Crippen LogP contribution in [0, 0.1) is 0 Å². The standard InChI is InChI=1S/C2H6N.4CH3.V/c1-2-3;;;;;/h3H,2H2,1H3;4*1H3;/q-1;;;;;+1. The molecular weight excluding hydrogens is 137 g/mol. The van der Waals surface area contributed by atoms with Crippen LogP contribution < -0.4 is 4.17 Å². The molecule has 1 N–H and O–H groups in total. The monoisotopic (exact) mass is 155 g/mol. The molecule has 0 aliphatic rings. The van der Waals surface area contributed by atoms with Gasteiger partial charge in [-0.05, 0) is 0 Å². The molecule has 8 heavy (non-hydrogen) atoms. The topological polar surface area (TPSA) is 12.0 Å². The molecular formula is C6H18NV. The molecule has 0 saturated carbocycles. The summed E-state index contributed by atoms with van der Waals surface area (Å²) in [5.41, 5.74) is 9.45. The van der Waals surface area contributed by atoms with Gasteiger partial charge in [-0.2, -0.15) is 0 Å². The maximum absolute atomic E-state index is 3.54. The van der Waals surface area contributed by atoms with E-state index in [4.69, 9.17) is 0 Å². The molecule has 0 amide bonds. The van der Waals surface area contributed by atoms with Gasteiger partial charge in [0.1, 0.15) is 0 Å². The first-order chi connectivity index (χ1) is 3.31. The Morgan fingerprint density at radius 3 is 1.50 bits per heavy atom. The Labute approximate surface area is 53.8 Å². The van der Waals surface area contributed by atoms with E-state index in [1.165, 1.54) is 0 Å². The summed E-state index contributed by atoms with van der Waals surface area (Å²) in [6.07, 6.45) is 0. The molecule has 0 bridgehead atoms. The van der Waals surface area contributed by atoms with E-state index in [1.807, 2.05) is 0 Å². The van der Waals surface area contributed by atoms with Crippen molar-refractivity contribution in [3.63, 3.8) is 0 Å². The molecule has 0 radical (unpaired) electrons. The van der Waals surface area contributed by atoms with Crippen molar-refractivity contribution >= 4 is 0 Å². The van der Waals surface area contributed by atoms with Gasteiger partial charge in [-0.25, -0.2) is 0 Å². The zero-order valence-electron chi connectivity index (χ0n) is 6.65. The summed E-state index contributed by atoms with van der Waals surface area (Å²) in [6, 6.07) is 0. The molecule has 2 heteroatoms. The first-order valence-electron chi connectivity index (χ1n) is 3.07. The molecule has 0 saturated heterocycles. The fraction of sp³-hybridized carbons (Fsp3) is 1.00. The van der Waals surface area contributed by atoms with E-state index in [2.05, 4.69) is 33.6 Å². The molecule has 0 aliphatic carbocycles. The Hall–Kier alpha value is 0.544. The molecule has 0 rings (SSSR count). The van der Waals surface area contributed by atoms with Crippen LogP contribution in [0.4, 0.5) is 0 Å². The van der Waals surface area contributed by atoms with E-state index in [0.717, 1.165) is 6.54 Å². The second kappa shape index (κ2) is 2.05. The Morgan fingerprint density at radius 2 is 1.50 bits per heavy atom. The van der Waals surface area contributed by atoms with Crippen molar-refractivity contribution < 1.29 is 13.1 Å². The number of rotatable bonds is 2. The molecule has 1 nitrogen and oxygen atoms in total. The van der Waals surface area contributed by atoms with E-state index < -0.39 is 13.1 Å². The third-order valence-corrected chi connectivity index (χ3v) is 3.26. The van der Waals surface area contributed by atoms with E-state index in [0.29, 0.717) is 0 Å². The third-order valence-electron chi connectivity index (χ3n) is 0.791. The Bertz CT molecular complexity index is 71.0. The van der Waals surface area contributed by atoms with Gasteiger partial charge in [-0.15, -0.1) is 0 Å². The fourth-order valence-electron chi connectivity index (χ4n) is 0.632. The van der Waals surface area contributed by atoms with Gasteiger partial charge >= 0.3 is 53.3 Å². The number of hydrogen-bond acceptors (Lipinski definition) is 1. The van der Waals surface area contributed by atoms with Crippen LogP contribution in [0.1, 0.15) is 6.92 Å². The first-order valence-corrected chi connectivity index (χ1v) is 9.36. The summed E-state index contributed by atoms with van der Waals surface area (Å²) in [5, 5.41) is 0. The summed E-state index contributed by atoms with van der Waals surface area (Å²) in [4.78, 5) is 0. The minimum atomic E-state index is -1.83. The fourth-order valence-corrected chi connectivity index (χ4v) is 2.61. The van der Waals surface area contributed by atoms with Gasteiger partial charge in [0.25, 0.3) is 0 Å². The van der Waals surface area contributed by atoms with Crippen molar-refractivity contribution in [2.24, 2.45) is 0 Å². The SMILES string of the molecule is CC[NH][V]([CH3])([CH3])([CH3])[CH3].